The molecule has 1 saturated heterocycles. The van der Waals surface area contributed by atoms with Gasteiger partial charge >= 0.3 is 0 Å². The van der Waals surface area contributed by atoms with Crippen molar-refractivity contribution < 1.29 is 14.3 Å². The van der Waals surface area contributed by atoms with Crippen LogP contribution < -0.4 is 19.7 Å². The smallest absolute Gasteiger partial charge is 0.255 e. The summed E-state index contributed by atoms with van der Waals surface area (Å²) in [6.45, 7) is 4.98. The van der Waals surface area contributed by atoms with Gasteiger partial charge in [0.05, 0.1) is 13.7 Å². The molecule has 1 heterocycles. The van der Waals surface area contributed by atoms with Crippen molar-refractivity contribution in [1.82, 2.24) is 0 Å². The lowest BCUT2D eigenvalue weighted by Gasteiger charge is -2.28. The highest BCUT2D eigenvalue weighted by atomic mass is 16.5. The Morgan fingerprint density at radius 1 is 1.04 bits per heavy atom. The number of nitrogens with one attached hydrogen (secondary N) is 1. The van der Waals surface area contributed by atoms with Crippen molar-refractivity contribution in [3.8, 4) is 11.5 Å². The maximum absolute atomic E-state index is 12.6. The van der Waals surface area contributed by atoms with Gasteiger partial charge in [0.15, 0.2) is 11.5 Å². The van der Waals surface area contributed by atoms with Crippen LogP contribution >= 0.6 is 0 Å². The Morgan fingerprint density at radius 2 is 1.79 bits per heavy atom. The first-order chi connectivity index (χ1) is 13.7. The summed E-state index contributed by atoms with van der Waals surface area (Å²) in [5, 5.41) is 2.96. The second kappa shape index (κ2) is 10.0. The fourth-order valence-corrected chi connectivity index (χ4v) is 3.37. The second-order valence-electron chi connectivity index (χ2n) is 7.12. The van der Waals surface area contributed by atoms with Crippen molar-refractivity contribution in [3.05, 3.63) is 48.0 Å². The molecule has 1 N–H and O–H groups in total. The lowest BCUT2D eigenvalue weighted by atomic mass is 10.1. The molecule has 0 bridgehead atoms. The first kappa shape index (κ1) is 20.1. The van der Waals surface area contributed by atoms with Crippen LogP contribution in [-0.4, -0.2) is 32.7 Å². The summed E-state index contributed by atoms with van der Waals surface area (Å²) < 4.78 is 11.1. The molecule has 150 valence electrons. The van der Waals surface area contributed by atoms with Crippen LogP contribution in [0.1, 0.15) is 49.4 Å². The number of unbranched alkanes of at least 4 members (excludes halogenated alkanes) is 1. The summed E-state index contributed by atoms with van der Waals surface area (Å²) >= 11 is 0. The van der Waals surface area contributed by atoms with Gasteiger partial charge in [0.2, 0.25) is 0 Å². The van der Waals surface area contributed by atoms with Crippen molar-refractivity contribution in [2.45, 2.75) is 39.0 Å². The topological polar surface area (TPSA) is 50.8 Å². The third kappa shape index (κ3) is 5.18. The molecule has 0 spiro atoms. The molecule has 1 fully saturated rings. The number of hydrogen-bond acceptors (Lipinski definition) is 4. The number of anilines is 2. The number of ether oxygens (including phenoxy) is 2. The number of nitrogens with zero attached hydrogens (tertiary/aromatic N) is 1. The standard InChI is InChI=1S/C23H30N2O3/c1-3-4-16-28-21-13-8-18(17-22(21)27-2)23(26)24-19-9-11-20(12-10-19)25-14-6-5-7-15-25/h8-13,17H,3-7,14-16H2,1-2H3,(H,24,26). The van der Waals surface area contributed by atoms with Crippen molar-refractivity contribution in [3.63, 3.8) is 0 Å². The fourth-order valence-electron chi connectivity index (χ4n) is 3.37. The lowest BCUT2D eigenvalue weighted by Crippen LogP contribution is -2.29. The number of carbonyl (C=O) groups is 1. The average Bonchev–Trinajstić information content (AvgIpc) is 2.75. The highest BCUT2D eigenvalue weighted by Crippen LogP contribution is 2.29. The van der Waals surface area contributed by atoms with Gasteiger partial charge < -0.3 is 19.7 Å². The highest BCUT2D eigenvalue weighted by molar-refractivity contribution is 6.04. The first-order valence-electron chi connectivity index (χ1n) is 10.2. The molecule has 2 aromatic rings. The van der Waals surface area contributed by atoms with Gasteiger partial charge in [0.25, 0.3) is 5.91 Å². The molecule has 5 heteroatoms. The Balaban J connectivity index is 1.63. The molecule has 5 nitrogen and oxygen atoms in total. The maximum Gasteiger partial charge on any atom is 0.255 e. The SMILES string of the molecule is CCCCOc1ccc(C(=O)Nc2ccc(N3CCCCC3)cc2)cc1OC. The van der Waals surface area contributed by atoms with Crippen molar-refractivity contribution >= 4 is 17.3 Å². The van der Waals surface area contributed by atoms with E-state index in [0.29, 0.717) is 23.7 Å². The molecule has 1 aliphatic heterocycles. The predicted octanol–water partition coefficient (Wildman–Crippen LogP) is 5.12. The van der Waals surface area contributed by atoms with E-state index in [1.165, 1.54) is 24.9 Å². The van der Waals surface area contributed by atoms with Crippen molar-refractivity contribution in [2.24, 2.45) is 0 Å². The molecule has 28 heavy (non-hydrogen) atoms. The number of benzene rings is 2. The van der Waals surface area contributed by atoms with Crippen LogP contribution in [0.2, 0.25) is 0 Å². The number of amides is 1. The summed E-state index contributed by atoms with van der Waals surface area (Å²) in [6, 6.07) is 13.4. The number of carbonyl (C=O) groups excluding carboxylic acids is 1. The predicted molar refractivity (Wildman–Crippen MR) is 114 cm³/mol. The molecule has 3 rings (SSSR count). The van der Waals surface area contributed by atoms with Crippen LogP contribution in [0.3, 0.4) is 0 Å². The lowest BCUT2D eigenvalue weighted by molar-refractivity contribution is 0.102. The van der Waals surface area contributed by atoms with E-state index in [1.54, 1.807) is 25.3 Å². The van der Waals surface area contributed by atoms with Gasteiger partial charge in [-0.3, -0.25) is 4.79 Å². The monoisotopic (exact) mass is 382 g/mol. The number of hydrogen-bond donors (Lipinski definition) is 1. The average molecular weight is 383 g/mol. The summed E-state index contributed by atoms with van der Waals surface area (Å²) in [6.07, 6.45) is 5.87. The minimum atomic E-state index is -0.163. The van der Waals surface area contributed by atoms with Crippen LogP contribution in [0.15, 0.2) is 42.5 Å². The minimum absolute atomic E-state index is 0.163. The quantitative estimate of drug-likeness (QED) is 0.644. The molecule has 1 amide bonds. The van der Waals surface area contributed by atoms with Crippen LogP contribution in [0.4, 0.5) is 11.4 Å². The Bertz CT molecular complexity index is 768. The van der Waals surface area contributed by atoms with E-state index in [-0.39, 0.29) is 5.91 Å². The van der Waals surface area contributed by atoms with Gasteiger partial charge in [-0.05, 0) is 68.1 Å². The molecule has 2 aromatic carbocycles. The van der Waals surface area contributed by atoms with E-state index in [9.17, 15) is 4.79 Å². The van der Waals surface area contributed by atoms with Crippen LogP contribution in [0, 0.1) is 0 Å². The van der Waals surface area contributed by atoms with Gasteiger partial charge in [0.1, 0.15) is 0 Å². The molecule has 0 aromatic heterocycles. The van der Waals surface area contributed by atoms with E-state index in [2.05, 4.69) is 29.3 Å². The van der Waals surface area contributed by atoms with E-state index < -0.39 is 0 Å². The molecule has 1 aliphatic rings. The van der Waals surface area contributed by atoms with E-state index in [0.717, 1.165) is 31.6 Å². The van der Waals surface area contributed by atoms with Gasteiger partial charge in [-0.1, -0.05) is 13.3 Å². The zero-order valence-electron chi connectivity index (χ0n) is 16.9. The second-order valence-corrected chi connectivity index (χ2v) is 7.12. The first-order valence-corrected chi connectivity index (χ1v) is 10.2. The number of methoxy groups -OCH3 is 1. The minimum Gasteiger partial charge on any atom is -0.493 e. The van der Waals surface area contributed by atoms with Gasteiger partial charge in [0, 0.05) is 30.0 Å². The molecule has 0 saturated carbocycles. The zero-order chi connectivity index (χ0) is 19.8. The Kier molecular flexibility index (Phi) is 7.18. The largest absolute Gasteiger partial charge is 0.493 e. The van der Waals surface area contributed by atoms with Crippen LogP contribution in [0.25, 0.3) is 0 Å². The number of piperidine rings is 1. The van der Waals surface area contributed by atoms with Crippen molar-refractivity contribution in [2.75, 3.05) is 37.0 Å². The molecule has 0 aliphatic carbocycles. The molecular formula is C23H30N2O3. The normalized spacial score (nSPS) is 13.9. The highest BCUT2D eigenvalue weighted by Gasteiger charge is 2.13. The molecular weight excluding hydrogens is 352 g/mol. The Labute approximate surface area is 167 Å². The summed E-state index contributed by atoms with van der Waals surface area (Å²) in [5.74, 6) is 1.08. The van der Waals surface area contributed by atoms with Crippen molar-refractivity contribution in [1.29, 1.82) is 0 Å². The maximum atomic E-state index is 12.6. The summed E-state index contributed by atoms with van der Waals surface area (Å²) in [7, 11) is 1.59. The third-order valence-electron chi connectivity index (χ3n) is 5.03. The van der Waals surface area contributed by atoms with Gasteiger partial charge in [-0.25, -0.2) is 0 Å². The molecule has 0 unspecified atom stereocenters. The Morgan fingerprint density at radius 3 is 2.46 bits per heavy atom. The van der Waals surface area contributed by atoms with Gasteiger partial charge in [-0.15, -0.1) is 0 Å². The van der Waals surface area contributed by atoms with E-state index >= 15 is 0 Å². The molecule has 0 atom stereocenters. The van der Waals surface area contributed by atoms with Crippen LogP contribution in [-0.2, 0) is 0 Å². The fraction of sp³-hybridized carbons (Fsp3) is 0.435. The van der Waals surface area contributed by atoms with E-state index in [4.69, 9.17) is 9.47 Å². The molecule has 0 radical (unpaired) electrons. The summed E-state index contributed by atoms with van der Waals surface area (Å²) in [4.78, 5) is 15.0. The van der Waals surface area contributed by atoms with Crippen LogP contribution in [0.5, 0.6) is 11.5 Å². The van der Waals surface area contributed by atoms with Gasteiger partial charge in [-0.2, -0.15) is 0 Å². The Hall–Kier alpha value is -2.69. The number of rotatable bonds is 8. The third-order valence-corrected chi connectivity index (χ3v) is 5.03. The van der Waals surface area contributed by atoms with E-state index in [1.807, 2.05) is 12.1 Å². The zero-order valence-corrected chi connectivity index (χ0v) is 16.9. The summed E-state index contributed by atoms with van der Waals surface area (Å²) in [5.41, 5.74) is 2.54.